The van der Waals surface area contributed by atoms with Gasteiger partial charge < -0.3 is 10.3 Å². The van der Waals surface area contributed by atoms with Crippen LogP contribution in [0.15, 0.2) is 30.6 Å². The maximum Gasteiger partial charge on any atom is 0.122 e. The molecule has 0 fully saturated rings. The summed E-state index contributed by atoms with van der Waals surface area (Å²) in [5.41, 5.74) is 7.03. The Morgan fingerprint density at radius 3 is 2.82 bits per heavy atom. The fourth-order valence-electron chi connectivity index (χ4n) is 1.60. The van der Waals surface area contributed by atoms with Crippen molar-refractivity contribution in [3.8, 4) is 0 Å². The zero-order valence-electron chi connectivity index (χ0n) is 9.44. The molecule has 5 heteroatoms. The van der Waals surface area contributed by atoms with Crippen LogP contribution in [0.5, 0.6) is 0 Å². The fourth-order valence-corrected chi connectivity index (χ4v) is 1.84. The van der Waals surface area contributed by atoms with E-state index in [0.717, 1.165) is 11.4 Å². The van der Waals surface area contributed by atoms with Gasteiger partial charge in [-0.2, -0.15) is 0 Å². The molecule has 17 heavy (non-hydrogen) atoms. The Labute approximate surface area is 105 Å². The van der Waals surface area contributed by atoms with Crippen LogP contribution in [-0.2, 0) is 6.54 Å². The number of hydrogen-bond donors (Lipinski definition) is 2. The van der Waals surface area contributed by atoms with Gasteiger partial charge >= 0.3 is 0 Å². The van der Waals surface area contributed by atoms with Gasteiger partial charge in [0, 0.05) is 23.0 Å². The SMILES string of the molecule is Cc1nccn1Cc1ccc(C(=N)N)cc1Cl. The number of hydrogen-bond acceptors (Lipinski definition) is 2. The minimum absolute atomic E-state index is 0.0252. The highest BCUT2D eigenvalue weighted by molar-refractivity contribution is 6.31. The largest absolute Gasteiger partial charge is 0.384 e. The minimum Gasteiger partial charge on any atom is -0.384 e. The van der Waals surface area contributed by atoms with E-state index in [1.165, 1.54) is 0 Å². The van der Waals surface area contributed by atoms with E-state index in [0.29, 0.717) is 17.1 Å². The van der Waals surface area contributed by atoms with Crippen LogP contribution < -0.4 is 5.73 Å². The fraction of sp³-hybridized carbons (Fsp3) is 0.167. The molecule has 0 aliphatic carbocycles. The molecule has 0 unspecified atom stereocenters. The highest BCUT2D eigenvalue weighted by Crippen LogP contribution is 2.19. The van der Waals surface area contributed by atoms with Gasteiger partial charge in [0.1, 0.15) is 11.7 Å². The number of aromatic nitrogens is 2. The third kappa shape index (κ3) is 2.47. The molecule has 0 bridgehead atoms. The average Bonchev–Trinajstić information content (AvgIpc) is 2.67. The Hall–Kier alpha value is -1.81. The number of amidine groups is 1. The Morgan fingerprint density at radius 2 is 2.29 bits per heavy atom. The van der Waals surface area contributed by atoms with E-state index < -0.39 is 0 Å². The number of rotatable bonds is 3. The van der Waals surface area contributed by atoms with E-state index in [-0.39, 0.29) is 5.84 Å². The molecule has 0 amide bonds. The van der Waals surface area contributed by atoms with Crippen molar-refractivity contribution in [3.05, 3.63) is 52.6 Å². The van der Waals surface area contributed by atoms with E-state index >= 15 is 0 Å². The van der Waals surface area contributed by atoms with Gasteiger partial charge in [-0.05, 0) is 18.6 Å². The molecule has 3 N–H and O–H groups in total. The molecule has 0 atom stereocenters. The first-order valence-corrected chi connectivity index (χ1v) is 5.56. The quantitative estimate of drug-likeness (QED) is 0.646. The first kappa shape index (κ1) is 11.7. The van der Waals surface area contributed by atoms with Gasteiger partial charge in [0.25, 0.3) is 0 Å². The van der Waals surface area contributed by atoms with Crippen molar-refractivity contribution in [3.63, 3.8) is 0 Å². The van der Waals surface area contributed by atoms with Crippen molar-refractivity contribution in [1.82, 2.24) is 9.55 Å². The lowest BCUT2D eigenvalue weighted by Gasteiger charge is -2.08. The van der Waals surface area contributed by atoms with Crippen LogP contribution in [0.2, 0.25) is 5.02 Å². The topological polar surface area (TPSA) is 67.7 Å². The monoisotopic (exact) mass is 248 g/mol. The minimum atomic E-state index is 0.0252. The third-order valence-electron chi connectivity index (χ3n) is 2.63. The zero-order chi connectivity index (χ0) is 12.4. The molecule has 2 rings (SSSR count). The van der Waals surface area contributed by atoms with Gasteiger partial charge in [-0.1, -0.05) is 23.7 Å². The molecule has 0 saturated carbocycles. The molecule has 0 radical (unpaired) electrons. The molecular formula is C12H13ClN4. The predicted molar refractivity (Wildman–Crippen MR) is 68.5 cm³/mol. The molecule has 0 saturated heterocycles. The number of nitrogens with zero attached hydrogens (tertiary/aromatic N) is 2. The lowest BCUT2D eigenvalue weighted by molar-refractivity contribution is 0.762. The van der Waals surface area contributed by atoms with Crippen LogP contribution in [0.4, 0.5) is 0 Å². The number of aryl methyl sites for hydroxylation is 1. The second kappa shape index (κ2) is 4.59. The summed E-state index contributed by atoms with van der Waals surface area (Å²) in [4.78, 5) is 4.15. The number of nitrogens with one attached hydrogen (secondary N) is 1. The van der Waals surface area contributed by atoms with Crippen LogP contribution in [0, 0.1) is 12.3 Å². The molecular weight excluding hydrogens is 236 g/mol. The molecule has 1 aromatic heterocycles. The summed E-state index contributed by atoms with van der Waals surface area (Å²) < 4.78 is 2.01. The van der Waals surface area contributed by atoms with Gasteiger partial charge in [-0.25, -0.2) is 4.98 Å². The first-order chi connectivity index (χ1) is 8.08. The van der Waals surface area contributed by atoms with Crippen molar-refractivity contribution in [2.75, 3.05) is 0 Å². The van der Waals surface area contributed by atoms with E-state index in [9.17, 15) is 0 Å². The summed E-state index contributed by atoms with van der Waals surface area (Å²) in [6, 6.07) is 5.40. The van der Waals surface area contributed by atoms with Gasteiger partial charge in [0.15, 0.2) is 0 Å². The maximum absolute atomic E-state index is 7.34. The Bertz CT molecular complexity index is 559. The van der Waals surface area contributed by atoms with E-state index in [1.54, 1.807) is 18.3 Å². The Morgan fingerprint density at radius 1 is 1.53 bits per heavy atom. The molecule has 4 nitrogen and oxygen atoms in total. The second-order valence-electron chi connectivity index (χ2n) is 3.82. The molecule has 0 spiro atoms. The van der Waals surface area contributed by atoms with Crippen molar-refractivity contribution in [1.29, 1.82) is 5.41 Å². The van der Waals surface area contributed by atoms with Gasteiger partial charge in [0.05, 0.1) is 6.54 Å². The summed E-state index contributed by atoms with van der Waals surface area (Å²) in [5.74, 6) is 0.967. The summed E-state index contributed by atoms with van der Waals surface area (Å²) >= 11 is 6.16. The molecule has 0 aliphatic heterocycles. The average molecular weight is 249 g/mol. The second-order valence-corrected chi connectivity index (χ2v) is 4.23. The number of halogens is 1. The van der Waals surface area contributed by atoms with E-state index in [4.69, 9.17) is 22.7 Å². The number of nitrogen functional groups attached to an aromatic ring is 1. The van der Waals surface area contributed by atoms with Crippen LogP contribution >= 0.6 is 11.6 Å². The summed E-state index contributed by atoms with van der Waals surface area (Å²) in [7, 11) is 0. The number of imidazole rings is 1. The summed E-state index contributed by atoms with van der Waals surface area (Å²) in [6.45, 7) is 2.61. The smallest absolute Gasteiger partial charge is 0.122 e. The summed E-state index contributed by atoms with van der Waals surface area (Å²) in [5, 5.41) is 7.95. The third-order valence-corrected chi connectivity index (χ3v) is 2.98. The molecule has 1 aromatic carbocycles. The first-order valence-electron chi connectivity index (χ1n) is 5.18. The number of benzene rings is 1. The summed E-state index contributed by atoms with van der Waals surface area (Å²) in [6.07, 6.45) is 3.66. The Balaban J connectivity index is 2.29. The van der Waals surface area contributed by atoms with Crippen molar-refractivity contribution >= 4 is 17.4 Å². The van der Waals surface area contributed by atoms with Crippen LogP contribution in [-0.4, -0.2) is 15.4 Å². The normalized spacial score (nSPS) is 10.5. The number of nitrogens with two attached hydrogens (primary N) is 1. The highest BCUT2D eigenvalue weighted by Gasteiger charge is 2.05. The highest BCUT2D eigenvalue weighted by atomic mass is 35.5. The van der Waals surface area contributed by atoms with Crippen LogP contribution in [0.25, 0.3) is 0 Å². The maximum atomic E-state index is 7.34. The lowest BCUT2D eigenvalue weighted by atomic mass is 10.1. The van der Waals surface area contributed by atoms with Crippen molar-refractivity contribution in [2.45, 2.75) is 13.5 Å². The molecule has 1 heterocycles. The van der Waals surface area contributed by atoms with E-state index in [2.05, 4.69) is 4.98 Å². The van der Waals surface area contributed by atoms with Crippen molar-refractivity contribution in [2.24, 2.45) is 5.73 Å². The Kier molecular flexibility index (Phi) is 3.15. The molecule has 2 aromatic rings. The molecule has 0 aliphatic rings. The lowest BCUT2D eigenvalue weighted by Crippen LogP contribution is -2.11. The van der Waals surface area contributed by atoms with Crippen LogP contribution in [0.1, 0.15) is 17.0 Å². The van der Waals surface area contributed by atoms with Crippen LogP contribution in [0.3, 0.4) is 0 Å². The predicted octanol–water partition coefficient (Wildman–Crippen LogP) is 2.18. The van der Waals surface area contributed by atoms with Gasteiger partial charge in [-0.3, -0.25) is 5.41 Å². The van der Waals surface area contributed by atoms with E-state index in [1.807, 2.05) is 23.8 Å². The van der Waals surface area contributed by atoms with Crippen molar-refractivity contribution < 1.29 is 0 Å². The zero-order valence-corrected chi connectivity index (χ0v) is 10.2. The molecule has 88 valence electrons. The van der Waals surface area contributed by atoms with Gasteiger partial charge in [0.2, 0.25) is 0 Å². The van der Waals surface area contributed by atoms with Gasteiger partial charge in [-0.15, -0.1) is 0 Å². The standard InChI is InChI=1S/C12H13ClN4/c1-8-16-4-5-17(8)7-10-3-2-9(12(14)15)6-11(10)13/h2-6H,7H2,1H3,(H3,14,15).